The fraction of sp³-hybridized carbons (Fsp3) is 0.310. The van der Waals surface area contributed by atoms with Gasteiger partial charge in [0.25, 0.3) is 0 Å². The van der Waals surface area contributed by atoms with E-state index in [2.05, 4.69) is 25.6 Å². The summed E-state index contributed by atoms with van der Waals surface area (Å²) < 4.78 is 85.5. The zero-order valence-electron chi connectivity index (χ0n) is 23.6. The van der Waals surface area contributed by atoms with E-state index in [9.17, 15) is 26.2 Å². The number of fused-ring (bicyclic) bond motifs is 1. The number of thiophene rings is 1. The molecule has 0 radical (unpaired) electrons. The van der Waals surface area contributed by atoms with E-state index in [0.29, 0.717) is 28.2 Å². The van der Waals surface area contributed by atoms with E-state index in [1.165, 1.54) is 25.2 Å². The quantitative estimate of drug-likeness (QED) is 0.161. The molecule has 3 heterocycles. The Bertz CT molecular complexity index is 1790. The molecule has 0 fully saturated rings. The summed E-state index contributed by atoms with van der Waals surface area (Å²) in [6, 6.07) is 10.2. The largest absolute Gasteiger partial charge is 0.395 e. The lowest BCUT2D eigenvalue weighted by Gasteiger charge is -2.30. The van der Waals surface area contributed by atoms with E-state index in [4.69, 9.17) is 5.14 Å². The van der Waals surface area contributed by atoms with Gasteiger partial charge in [0.15, 0.2) is 5.82 Å². The summed E-state index contributed by atoms with van der Waals surface area (Å²) >= 11 is 1.23. The van der Waals surface area contributed by atoms with Gasteiger partial charge in [-0.15, -0.1) is 16.4 Å². The summed E-state index contributed by atoms with van der Waals surface area (Å²) in [6.07, 6.45) is -0.947. The van der Waals surface area contributed by atoms with Crippen molar-refractivity contribution in [3.8, 4) is 10.6 Å². The number of anilines is 1. The Morgan fingerprint density at radius 2 is 1.91 bits per heavy atom. The van der Waals surface area contributed by atoms with Gasteiger partial charge < -0.3 is 5.32 Å². The van der Waals surface area contributed by atoms with Crippen LogP contribution in [0, 0.1) is 11.6 Å². The number of aromatic nitrogens is 5. The van der Waals surface area contributed by atoms with E-state index in [1.54, 1.807) is 41.3 Å². The van der Waals surface area contributed by atoms with Crippen molar-refractivity contribution in [2.45, 2.75) is 50.1 Å². The Kier molecular flexibility index (Phi) is 9.09. The molecule has 0 bridgehead atoms. The van der Waals surface area contributed by atoms with Crippen LogP contribution in [0.25, 0.3) is 20.7 Å². The third-order valence-corrected chi connectivity index (χ3v) is 9.68. The molecule has 15 heteroatoms. The van der Waals surface area contributed by atoms with Crippen molar-refractivity contribution < 1.29 is 26.2 Å². The van der Waals surface area contributed by atoms with Crippen LogP contribution >= 0.6 is 11.3 Å². The number of benzene rings is 2. The molecule has 2 aromatic carbocycles. The first kappa shape index (κ1) is 31.6. The van der Waals surface area contributed by atoms with Gasteiger partial charge in [0.05, 0.1) is 45.5 Å². The molecule has 3 aromatic heterocycles. The highest BCUT2D eigenvalue weighted by atomic mass is 32.2. The van der Waals surface area contributed by atoms with Crippen LogP contribution in [0.5, 0.6) is 0 Å². The molecule has 0 aliphatic heterocycles. The molecule has 5 rings (SSSR count). The third kappa shape index (κ3) is 7.11. The number of nitrogens with two attached hydrogens (primary N) is 1. The summed E-state index contributed by atoms with van der Waals surface area (Å²) in [6.45, 7) is 3.71. The maximum Gasteiger partial charge on any atom is 0.395 e. The number of halogens is 5. The molecule has 44 heavy (non-hydrogen) atoms. The van der Waals surface area contributed by atoms with E-state index in [-0.39, 0.29) is 29.2 Å². The smallest absolute Gasteiger partial charge is 0.352 e. The van der Waals surface area contributed by atoms with Gasteiger partial charge in [0.1, 0.15) is 11.5 Å². The molecule has 5 aromatic rings. The van der Waals surface area contributed by atoms with Crippen molar-refractivity contribution in [2.24, 2.45) is 5.14 Å². The standard InChI is InChI=1S/C29H28F5N7OS2/c1-28(2,44(35)42)15-22(29(32,33)34)21-7-6-20(30)13-19(21)12-17-4-3-5-18-14-24(43-26(17)18)25-23(31)16-37-27(39-25)36-8-10-41-11-9-38-40-41/h3-7,9,11,13-14,16,22H,8,10,12,15,35H2,1-2H3,(H,36,37,39)/t22-,44?/m1/s1. The van der Waals surface area contributed by atoms with Gasteiger partial charge in [-0.3, -0.25) is 9.82 Å². The van der Waals surface area contributed by atoms with Gasteiger partial charge in [0.2, 0.25) is 5.95 Å². The molecule has 0 aliphatic rings. The summed E-state index contributed by atoms with van der Waals surface area (Å²) in [5.41, 5.74) is 0.722. The fourth-order valence-corrected chi connectivity index (χ4v) is 6.38. The molecule has 0 saturated heterocycles. The lowest BCUT2D eigenvalue weighted by Crippen LogP contribution is -2.37. The van der Waals surface area contributed by atoms with Crippen LogP contribution in [0.3, 0.4) is 0 Å². The molecule has 2 atom stereocenters. The lowest BCUT2D eigenvalue weighted by atomic mass is 9.84. The van der Waals surface area contributed by atoms with E-state index < -0.39 is 45.9 Å². The van der Waals surface area contributed by atoms with Gasteiger partial charge in [-0.05, 0) is 67.0 Å². The minimum atomic E-state index is -4.70. The van der Waals surface area contributed by atoms with Crippen molar-refractivity contribution in [3.05, 3.63) is 89.4 Å². The average Bonchev–Trinajstić information content (AvgIpc) is 3.63. The summed E-state index contributed by atoms with van der Waals surface area (Å²) in [7, 11) is -2.03. The number of rotatable bonds is 11. The number of hydrogen-bond acceptors (Lipinski definition) is 7. The third-order valence-electron chi connectivity index (χ3n) is 7.20. The molecule has 0 amide bonds. The Morgan fingerprint density at radius 3 is 2.61 bits per heavy atom. The van der Waals surface area contributed by atoms with Gasteiger partial charge in [0, 0.05) is 17.4 Å². The Hall–Kier alpha value is -3.82. The highest BCUT2D eigenvalue weighted by Gasteiger charge is 2.45. The van der Waals surface area contributed by atoms with Crippen LogP contribution in [0.1, 0.15) is 42.9 Å². The zero-order chi connectivity index (χ0) is 31.6. The highest BCUT2D eigenvalue weighted by molar-refractivity contribution is 7.84. The van der Waals surface area contributed by atoms with Gasteiger partial charge >= 0.3 is 6.18 Å². The Balaban J connectivity index is 1.47. The van der Waals surface area contributed by atoms with Gasteiger partial charge in [-0.1, -0.05) is 29.5 Å². The molecule has 0 saturated carbocycles. The maximum absolute atomic E-state index is 14.9. The van der Waals surface area contributed by atoms with Crippen LogP contribution in [0.15, 0.2) is 61.1 Å². The predicted molar refractivity (Wildman–Crippen MR) is 160 cm³/mol. The molecule has 0 spiro atoms. The summed E-state index contributed by atoms with van der Waals surface area (Å²) in [5, 5.41) is 16.9. The van der Waals surface area contributed by atoms with Crippen LogP contribution in [-0.2, 0) is 24.0 Å². The van der Waals surface area contributed by atoms with Crippen molar-refractivity contribution in [1.82, 2.24) is 25.0 Å². The van der Waals surface area contributed by atoms with Crippen molar-refractivity contribution in [1.29, 1.82) is 0 Å². The molecule has 1 unspecified atom stereocenters. The minimum Gasteiger partial charge on any atom is -0.352 e. The molecule has 0 aliphatic carbocycles. The van der Waals surface area contributed by atoms with Gasteiger partial charge in [-0.2, -0.15) is 13.2 Å². The Labute approximate surface area is 256 Å². The normalized spacial score (nSPS) is 13.7. The van der Waals surface area contributed by atoms with Crippen molar-refractivity contribution >= 4 is 38.4 Å². The van der Waals surface area contributed by atoms with Crippen molar-refractivity contribution in [3.63, 3.8) is 0 Å². The monoisotopic (exact) mass is 649 g/mol. The lowest BCUT2D eigenvalue weighted by molar-refractivity contribution is -0.153. The van der Waals surface area contributed by atoms with E-state index >= 15 is 0 Å². The number of nitrogens with one attached hydrogen (secondary N) is 1. The number of hydrogen-bond donors (Lipinski definition) is 2. The summed E-state index contributed by atoms with van der Waals surface area (Å²) in [4.78, 5) is 8.85. The second kappa shape index (κ2) is 12.7. The van der Waals surface area contributed by atoms with E-state index in [0.717, 1.165) is 29.8 Å². The molecule has 3 N–H and O–H groups in total. The number of alkyl halides is 3. The van der Waals surface area contributed by atoms with Crippen LogP contribution in [0.4, 0.5) is 27.9 Å². The molecule has 8 nitrogen and oxygen atoms in total. The van der Waals surface area contributed by atoms with Crippen LogP contribution in [0.2, 0.25) is 0 Å². The van der Waals surface area contributed by atoms with Crippen LogP contribution < -0.4 is 10.5 Å². The highest BCUT2D eigenvalue weighted by Crippen LogP contribution is 2.44. The maximum atomic E-state index is 14.9. The van der Waals surface area contributed by atoms with Crippen LogP contribution in [-0.4, -0.2) is 46.6 Å². The molecular formula is C29H28F5N7OS2. The SMILES string of the molecule is CC(C)(C[C@H](c1ccc(F)cc1Cc1cccc2cc(-c3nc(NCCn4ccnn4)ncc3F)sc12)C(F)(F)F)S(N)=O. The molecular weight excluding hydrogens is 621 g/mol. The van der Waals surface area contributed by atoms with Gasteiger partial charge in [-0.25, -0.2) is 23.0 Å². The Morgan fingerprint density at radius 1 is 1.11 bits per heavy atom. The number of nitrogens with zero attached hydrogens (tertiary/aromatic N) is 5. The first-order valence-corrected chi connectivity index (χ1v) is 15.5. The summed E-state index contributed by atoms with van der Waals surface area (Å²) in [5.74, 6) is -3.13. The second-order valence-corrected chi connectivity index (χ2v) is 13.6. The zero-order valence-corrected chi connectivity index (χ0v) is 25.2. The predicted octanol–water partition coefficient (Wildman–Crippen LogP) is 6.37. The fourth-order valence-electron chi connectivity index (χ4n) is 4.89. The topological polar surface area (TPSA) is 112 Å². The first-order chi connectivity index (χ1) is 20.8. The second-order valence-electron chi connectivity index (χ2n) is 10.8. The first-order valence-electron chi connectivity index (χ1n) is 13.5. The van der Waals surface area contributed by atoms with Crippen molar-refractivity contribution in [2.75, 3.05) is 11.9 Å². The average molecular weight is 650 g/mol. The van der Waals surface area contributed by atoms with E-state index in [1.807, 2.05) is 0 Å². The molecule has 232 valence electrons. The minimum absolute atomic E-state index is 0.0234.